The van der Waals surface area contributed by atoms with Crippen LogP contribution < -0.4 is 10.1 Å². The van der Waals surface area contributed by atoms with E-state index < -0.39 is 6.03 Å². The van der Waals surface area contributed by atoms with Crippen LogP contribution in [0.15, 0.2) is 58.7 Å². The van der Waals surface area contributed by atoms with Crippen molar-refractivity contribution in [1.29, 1.82) is 0 Å². The lowest BCUT2D eigenvalue weighted by Crippen LogP contribution is -2.30. The molecule has 1 N–H and O–H groups in total. The molecule has 1 aliphatic rings. The summed E-state index contributed by atoms with van der Waals surface area (Å²) in [5.41, 5.74) is 1.96. The van der Waals surface area contributed by atoms with Gasteiger partial charge in [-0.05, 0) is 41.5 Å². The van der Waals surface area contributed by atoms with Crippen molar-refractivity contribution in [2.45, 2.75) is 6.54 Å². The van der Waals surface area contributed by atoms with E-state index >= 15 is 0 Å². The molecule has 5 nitrogen and oxygen atoms in total. The topological polar surface area (TPSA) is 58.6 Å². The molecule has 24 heavy (non-hydrogen) atoms. The van der Waals surface area contributed by atoms with Gasteiger partial charge in [0.2, 0.25) is 0 Å². The van der Waals surface area contributed by atoms with Gasteiger partial charge in [-0.25, -0.2) is 4.79 Å². The van der Waals surface area contributed by atoms with Gasteiger partial charge in [0.05, 0.1) is 13.7 Å². The third-order valence-electron chi connectivity index (χ3n) is 3.64. The van der Waals surface area contributed by atoms with Gasteiger partial charge in [-0.15, -0.1) is 0 Å². The van der Waals surface area contributed by atoms with Crippen molar-refractivity contribution in [2.75, 3.05) is 7.11 Å². The SMILES string of the molecule is COc1ccc(C=C2NC(=O)N(Cc3ccc(Br)cc3)C2=O)cc1. The molecule has 2 aromatic carbocycles. The van der Waals surface area contributed by atoms with E-state index in [4.69, 9.17) is 4.74 Å². The second-order valence-electron chi connectivity index (χ2n) is 5.28. The summed E-state index contributed by atoms with van der Waals surface area (Å²) in [6, 6.07) is 14.3. The number of rotatable bonds is 4. The third-order valence-corrected chi connectivity index (χ3v) is 4.17. The molecule has 0 aromatic heterocycles. The number of carbonyl (C=O) groups excluding carboxylic acids is 2. The monoisotopic (exact) mass is 386 g/mol. The molecule has 1 aliphatic heterocycles. The maximum Gasteiger partial charge on any atom is 0.329 e. The van der Waals surface area contributed by atoms with Gasteiger partial charge in [0.1, 0.15) is 11.4 Å². The summed E-state index contributed by atoms with van der Waals surface area (Å²) >= 11 is 3.36. The maximum atomic E-state index is 12.5. The van der Waals surface area contributed by atoms with E-state index in [0.29, 0.717) is 0 Å². The molecule has 1 heterocycles. The lowest BCUT2D eigenvalue weighted by molar-refractivity contribution is -0.123. The van der Waals surface area contributed by atoms with Crippen LogP contribution in [0.25, 0.3) is 6.08 Å². The second-order valence-corrected chi connectivity index (χ2v) is 6.19. The van der Waals surface area contributed by atoms with E-state index in [1.54, 1.807) is 25.3 Å². The fourth-order valence-electron chi connectivity index (χ4n) is 2.35. The van der Waals surface area contributed by atoms with Gasteiger partial charge in [-0.3, -0.25) is 9.69 Å². The van der Waals surface area contributed by atoms with Crippen molar-refractivity contribution in [2.24, 2.45) is 0 Å². The Hall–Kier alpha value is -2.60. The molecular formula is C18H15BrN2O3. The van der Waals surface area contributed by atoms with Crippen LogP contribution in [0.2, 0.25) is 0 Å². The summed E-state index contributed by atoms with van der Waals surface area (Å²) in [5, 5.41) is 2.62. The summed E-state index contributed by atoms with van der Waals surface area (Å²) in [5.74, 6) is 0.398. The zero-order valence-electron chi connectivity index (χ0n) is 13.0. The number of methoxy groups -OCH3 is 1. The normalized spacial score (nSPS) is 15.8. The number of imide groups is 1. The molecule has 0 atom stereocenters. The van der Waals surface area contributed by atoms with Crippen LogP contribution in [-0.2, 0) is 11.3 Å². The third kappa shape index (κ3) is 3.49. The van der Waals surface area contributed by atoms with Gasteiger partial charge < -0.3 is 10.1 Å². The minimum atomic E-state index is -0.414. The van der Waals surface area contributed by atoms with Crippen molar-refractivity contribution in [3.63, 3.8) is 0 Å². The van der Waals surface area contributed by atoms with Crippen molar-refractivity contribution >= 4 is 33.9 Å². The van der Waals surface area contributed by atoms with Gasteiger partial charge in [0.25, 0.3) is 5.91 Å². The van der Waals surface area contributed by atoms with Gasteiger partial charge in [0, 0.05) is 4.47 Å². The van der Waals surface area contributed by atoms with Crippen LogP contribution in [0.1, 0.15) is 11.1 Å². The molecule has 0 unspecified atom stereocenters. The minimum absolute atomic E-state index is 0.234. The Bertz CT molecular complexity index is 798. The number of hydrogen-bond donors (Lipinski definition) is 1. The first-order valence-corrected chi connectivity index (χ1v) is 8.09. The van der Waals surface area contributed by atoms with Crippen LogP contribution in [0.3, 0.4) is 0 Å². The fourth-order valence-corrected chi connectivity index (χ4v) is 2.62. The van der Waals surface area contributed by atoms with E-state index in [1.807, 2.05) is 36.4 Å². The molecule has 3 amide bonds. The molecule has 0 aliphatic carbocycles. The zero-order chi connectivity index (χ0) is 17.1. The largest absolute Gasteiger partial charge is 0.497 e. The molecule has 2 aromatic rings. The average molecular weight is 387 g/mol. The van der Waals surface area contributed by atoms with Crippen LogP contribution in [0, 0.1) is 0 Å². The van der Waals surface area contributed by atoms with Crippen LogP contribution >= 0.6 is 15.9 Å². The quantitative estimate of drug-likeness (QED) is 0.645. The zero-order valence-corrected chi connectivity index (χ0v) is 14.5. The van der Waals surface area contributed by atoms with Gasteiger partial charge in [-0.1, -0.05) is 40.2 Å². The molecule has 6 heteroatoms. The number of halogens is 1. The molecule has 0 radical (unpaired) electrons. The molecule has 0 bridgehead atoms. The van der Waals surface area contributed by atoms with Gasteiger partial charge in [-0.2, -0.15) is 0 Å². The lowest BCUT2D eigenvalue weighted by atomic mass is 10.2. The first kappa shape index (κ1) is 16.3. The maximum absolute atomic E-state index is 12.5. The Kier molecular flexibility index (Phi) is 4.66. The lowest BCUT2D eigenvalue weighted by Gasteiger charge is -2.11. The number of amides is 3. The number of nitrogens with zero attached hydrogens (tertiary/aromatic N) is 1. The highest BCUT2D eigenvalue weighted by Crippen LogP contribution is 2.19. The number of nitrogens with one attached hydrogen (secondary N) is 1. The summed E-state index contributed by atoms with van der Waals surface area (Å²) < 4.78 is 6.05. The number of ether oxygens (including phenoxy) is 1. The summed E-state index contributed by atoms with van der Waals surface area (Å²) in [7, 11) is 1.59. The Morgan fingerprint density at radius 1 is 1.08 bits per heavy atom. The van der Waals surface area contributed by atoms with Crippen LogP contribution in [0.4, 0.5) is 4.79 Å². The number of urea groups is 1. The standard InChI is InChI=1S/C18H15BrN2O3/c1-24-15-8-4-12(5-9-15)10-16-17(22)21(18(23)20-16)11-13-2-6-14(19)7-3-13/h2-10H,11H2,1H3,(H,20,23). The highest BCUT2D eigenvalue weighted by atomic mass is 79.9. The summed E-state index contributed by atoms with van der Waals surface area (Å²) in [4.78, 5) is 25.7. The van der Waals surface area contributed by atoms with E-state index in [2.05, 4.69) is 21.2 Å². The van der Waals surface area contributed by atoms with Crippen LogP contribution in [-0.4, -0.2) is 23.9 Å². The van der Waals surface area contributed by atoms with Crippen molar-refractivity contribution < 1.29 is 14.3 Å². The fraction of sp³-hybridized carbons (Fsp3) is 0.111. The highest BCUT2D eigenvalue weighted by Gasteiger charge is 2.33. The molecule has 3 rings (SSSR count). The number of benzene rings is 2. The Morgan fingerprint density at radius 3 is 2.38 bits per heavy atom. The Labute approximate surface area is 148 Å². The van der Waals surface area contributed by atoms with Gasteiger partial charge >= 0.3 is 6.03 Å². The smallest absolute Gasteiger partial charge is 0.329 e. The molecule has 1 fully saturated rings. The second kappa shape index (κ2) is 6.88. The molecule has 0 saturated carbocycles. The van der Waals surface area contributed by atoms with E-state index in [0.717, 1.165) is 21.3 Å². The Morgan fingerprint density at radius 2 is 1.75 bits per heavy atom. The number of carbonyl (C=O) groups is 2. The first-order valence-electron chi connectivity index (χ1n) is 7.30. The highest BCUT2D eigenvalue weighted by molar-refractivity contribution is 9.10. The molecule has 0 spiro atoms. The van der Waals surface area contributed by atoms with E-state index in [9.17, 15) is 9.59 Å². The average Bonchev–Trinajstić information content (AvgIpc) is 2.85. The predicted octanol–water partition coefficient (Wildman–Crippen LogP) is 3.55. The summed E-state index contributed by atoms with van der Waals surface area (Å²) in [6.45, 7) is 0.234. The molecular weight excluding hydrogens is 372 g/mol. The molecule has 122 valence electrons. The van der Waals surface area contributed by atoms with Crippen molar-refractivity contribution in [3.8, 4) is 5.75 Å². The molecule has 1 saturated heterocycles. The van der Waals surface area contributed by atoms with Crippen molar-refractivity contribution in [3.05, 3.63) is 69.8 Å². The van der Waals surface area contributed by atoms with Crippen molar-refractivity contribution in [1.82, 2.24) is 10.2 Å². The Balaban J connectivity index is 1.77. The predicted molar refractivity (Wildman–Crippen MR) is 94.2 cm³/mol. The van der Waals surface area contributed by atoms with E-state index in [-0.39, 0.29) is 18.1 Å². The van der Waals surface area contributed by atoms with E-state index in [1.165, 1.54) is 4.90 Å². The summed E-state index contributed by atoms with van der Waals surface area (Å²) in [6.07, 6.45) is 1.65. The number of hydrogen-bond acceptors (Lipinski definition) is 3. The first-order chi connectivity index (χ1) is 11.6. The van der Waals surface area contributed by atoms with Gasteiger partial charge in [0.15, 0.2) is 0 Å². The minimum Gasteiger partial charge on any atom is -0.497 e. The van der Waals surface area contributed by atoms with Crippen LogP contribution in [0.5, 0.6) is 5.75 Å².